The summed E-state index contributed by atoms with van der Waals surface area (Å²) < 4.78 is 47.3. The third-order valence-corrected chi connectivity index (χ3v) is 32.0. The van der Waals surface area contributed by atoms with Gasteiger partial charge in [0.2, 0.25) is 0 Å². The van der Waals surface area contributed by atoms with Gasteiger partial charge in [-0.05, 0) is 221 Å². The number of hydrogen-bond acceptors (Lipinski definition) is 38. The topological polar surface area (TPSA) is 459 Å². The largest absolute Gasteiger partial charge is 0.451 e. The third-order valence-electron chi connectivity index (χ3n) is 32.0. The highest BCUT2D eigenvalue weighted by Crippen LogP contribution is 2.49. The van der Waals surface area contributed by atoms with Crippen molar-refractivity contribution < 1.29 is 57.1 Å². The first-order valence-corrected chi connectivity index (χ1v) is 51.8. The number of ether oxygens (including phenoxy) is 8. The molecular weight excluding hydrogens is 1900 g/mol. The number of aliphatic imine (C=N–C) groups is 2. The van der Waals surface area contributed by atoms with Gasteiger partial charge in [-0.3, -0.25) is 29.9 Å². The summed E-state index contributed by atoms with van der Waals surface area (Å²) in [5, 5.41) is 15.4. The fraction of sp³-hybridized carbons (Fsp3) is 0.577. The van der Waals surface area contributed by atoms with Gasteiger partial charge in [-0.1, -0.05) is 0 Å². The summed E-state index contributed by atoms with van der Waals surface area (Å²) in [4.78, 5) is 135. The summed E-state index contributed by atoms with van der Waals surface area (Å²) >= 11 is 0. The molecule has 8 atom stereocenters. The average molecular weight is 2030 g/mol. The number of aryl methyl sites for hydroxylation is 4. The van der Waals surface area contributed by atoms with Crippen LogP contribution in [0, 0.1) is 21.7 Å². The van der Waals surface area contributed by atoms with Gasteiger partial charge >= 0.3 is 24.4 Å². The van der Waals surface area contributed by atoms with Gasteiger partial charge in [0.05, 0.1) is 172 Å². The number of carbonyl (C=O) groups is 4. The number of rotatable bonds is 8. The molecule has 10 aromatic rings. The van der Waals surface area contributed by atoms with E-state index in [1.165, 1.54) is 23.6 Å². The van der Waals surface area contributed by atoms with Crippen molar-refractivity contribution in [2.24, 2.45) is 43.1 Å². The van der Waals surface area contributed by atoms with Crippen LogP contribution in [0.5, 0.6) is 0 Å². The van der Waals surface area contributed by atoms with Gasteiger partial charge < -0.3 is 99.2 Å². The van der Waals surface area contributed by atoms with Gasteiger partial charge in [0.1, 0.15) is 45.9 Å². The minimum atomic E-state index is -0.633. The minimum absolute atomic E-state index is 0. The van der Waals surface area contributed by atoms with Crippen LogP contribution in [0.25, 0.3) is 22.3 Å². The van der Waals surface area contributed by atoms with Crippen molar-refractivity contribution in [3.63, 3.8) is 0 Å². The number of nitrogens with two attached hydrogens (primary N) is 2. The van der Waals surface area contributed by atoms with Crippen LogP contribution in [0.4, 0.5) is 76.8 Å². The number of amidine groups is 2. The molecule has 0 unspecified atom stereocenters. The molecule has 43 heteroatoms. The Labute approximate surface area is 860 Å². The van der Waals surface area contributed by atoms with E-state index in [0.29, 0.717) is 91.6 Å². The Morgan fingerprint density at radius 3 is 1.01 bits per heavy atom. The number of piperidine rings is 4. The Bertz CT molecular complexity index is 6600. The number of halogens is 1. The smallest absolute Gasteiger partial charge is 0.436 e. The highest BCUT2D eigenvalue weighted by Gasteiger charge is 2.55. The summed E-state index contributed by atoms with van der Waals surface area (Å²) in [5.41, 5.74) is 25.6. The van der Waals surface area contributed by atoms with Crippen molar-refractivity contribution in [1.29, 1.82) is 0 Å². The molecule has 24 rings (SSSR count). The summed E-state index contributed by atoms with van der Waals surface area (Å²) in [6.45, 7) is 33.0. The molecule has 42 nitrogen and oxygen atoms in total. The van der Waals surface area contributed by atoms with E-state index in [2.05, 4.69) is 94.1 Å². The molecule has 10 aromatic heterocycles. The summed E-state index contributed by atoms with van der Waals surface area (Å²) in [5.74, 6) is 6.17. The summed E-state index contributed by atoms with van der Waals surface area (Å²) in [6.07, 6.45) is 27.7. The van der Waals surface area contributed by atoms with E-state index in [1.54, 1.807) is 24.8 Å². The Balaban J connectivity index is 0.000000119. The predicted molar refractivity (Wildman–Crippen MR) is 556 cm³/mol. The predicted octanol–water partition coefficient (Wildman–Crippen LogP) is 11.9. The lowest BCUT2D eigenvalue weighted by Gasteiger charge is -2.43. The monoisotopic (exact) mass is 2030 g/mol. The zero-order valence-corrected chi connectivity index (χ0v) is 86.8. The van der Waals surface area contributed by atoms with Gasteiger partial charge in [0, 0.05) is 137 Å². The van der Waals surface area contributed by atoms with E-state index < -0.39 is 29.5 Å². The number of aromatic nitrogens is 16. The van der Waals surface area contributed by atoms with Crippen molar-refractivity contribution >= 4 is 128 Å². The highest BCUT2D eigenvalue weighted by molar-refractivity contribution is 6.12. The number of nitrogens with zero attached hydrogens (tertiary/aromatic N) is 26. The lowest BCUT2D eigenvalue weighted by Crippen LogP contribution is -2.55. The molecule has 780 valence electrons. The van der Waals surface area contributed by atoms with E-state index >= 15 is 0 Å². The minimum Gasteiger partial charge on any atom is -0.451 e. The maximum absolute atomic E-state index is 12.8. The number of hydrogen-bond donors (Lipinski definition) is 4. The van der Waals surface area contributed by atoms with E-state index in [1.807, 2.05) is 128 Å². The lowest BCUT2D eigenvalue weighted by molar-refractivity contribution is 0.0424. The second-order valence-corrected chi connectivity index (χ2v) is 43.2. The number of carbonyl (C=O) groups excluding carboxylic acids is 4. The molecule has 6 N–H and O–H groups in total. The Morgan fingerprint density at radius 1 is 0.388 bits per heavy atom. The van der Waals surface area contributed by atoms with Crippen LogP contribution in [0.1, 0.15) is 192 Å². The second kappa shape index (κ2) is 41.3. The van der Waals surface area contributed by atoms with Crippen LogP contribution in [0.15, 0.2) is 108 Å². The molecule has 0 aromatic carbocycles. The van der Waals surface area contributed by atoms with Crippen molar-refractivity contribution in [3.05, 3.63) is 144 Å². The van der Waals surface area contributed by atoms with Crippen molar-refractivity contribution in [1.82, 2.24) is 90.0 Å². The maximum atomic E-state index is 12.8. The molecule has 0 bridgehead atoms. The third kappa shape index (κ3) is 19.9. The van der Waals surface area contributed by atoms with E-state index in [9.17, 15) is 19.2 Å². The first kappa shape index (κ1) is 101. The number of nitrogens with one attached hydrogen (secondary N) is 2. The lowest BCUT2D eigenvalue weighted by atomic mass is 9.73. The SMILES string of the molecule is COC(=O)n1nc(N2CCCc3ncccc32)c2ncc(N3CCC4(CC3)CO[C@@H](C)[C@H]4N)nc21.COC(=O)n1nc(N2CCCc3ncccc32)c2ncc(N3CCC4(CC3)CO[C@@H](C)[C@H]4NC(=O)OC(C)(C)C)nc21.C[C@@H]1OCC2(CCN(c3cnc4c(n3)CN=C4N3CCCc4ncccc43)CC2)[C@@H]1N.C[C@@H]1OCC2(CCN(c3cnc4c(n3)CN=C4N3CCCc4ncccc43)CC2)[C@@H]1NC(=O)OC(C)(C)C.Cl. The Kier molecular flexibility index (Phi) is 28.5. The van der Waals surface area contributed by atoms with Crippen LogP contribution in [0.2, 0.25) is 0 Å². The van der Waals surface area contributed by atoms with Gasteiger partial charge in [-0.15, -0.1) is 32.0 Å². The molecule has 2 amide bonds. The van der Waals surface area contributed by atoms with Crippen LogP contribution >= 0.6 is 12.4 Å². The van der Waals surface area contributed by atoms with Crippen molar-refractivity contribution in [2.45, 2.75) is 245 Å². The fourth-order valence-corrected chi connectivity index (χ4v) is 23.8. The highest BCUT2D eigenvalue weighted by atomic mass is 35.5. The number of methoxy groups -OCH3 is 2. The van der Waals surface area contributed by atoms with Crippen LogP contribution < -0.4 is 61.3 Å². The molecule has 24 heterocycles. The standard InChI is InChI=1S/C29H38N8O5.C28H37N7O3.C24H30N8O3.C23H29N7O.ClH/c1-18-23(33-26(38)42-28(2,3)4)29(17-41-18)10-14-35(15-11-29)21-16-31-22-24(32-21)37(27(39)40-5)34-25(22)36-13-7-8-19-20(36)9-6-12-30-19;1-18-24(33-26(36)38-27(2,3)4)28(17-37-18)9-13-34(14-10-28)22-16-30-23-20(32-22)15-31-25(23)35-12-6-7-19-21(35)8-5-11-29-19;1-15-20(25)24(14-35-15)7-11-30(12-8-24)18-13-27-19-21(28-18)32(23(33)34-2)29-22(19)31-10-4-5-16-17(31)6-3-9-26-16;1-15-21(24)23(14-31-15)6-10-29(11-7-23)19-13-26-20-17(28-19)12-27-22(20)30-9-3-4-16-18(30)5-2-8-25-16;/h6,9,12,16,18,23H,7-8,10-11,13-15,17H2,1-5H3,(H,33,38);5,8,11,16,18,24H,6-7,9-10,12-15,17H2,1-4H3,(H,33,36);3,6,9,13,15,20H,4-5,7-8,10-12,14,25H2,1-2H3;2,5,8,13,15,21H,3-4,6-7,9-12,14,24H2,1H3;1H/t18-,23+;18-,24+;15-,20+;15-,21+;/m0000./s1. The van der Waals surface area contributed by atoms with E-state index in [-0.39, 0.29) is 88.7 Å². The molecular formula is C104H135ClN30O12. The van der Waals surface area contributed by atoms with Crippen molar-refractivity contribution in [2.75, 3.05) is 158 Å². The molecule has 0 aliphatic carbocycles. The number of alkyl carbamates (subject to hydrolysis) is 2. The quantitative estimate of drug-likeness (QED) is 0.103. The van der Waals surface area contributed by atoms with E-state index in [0.717, 1.165) is 266 Å². The second-order valence-electron chi connectivity index (χ2n) is 43.2. The van der Waals surface area contributed by atoms with Gasteiger partial charge in [-0.2, -0.15) is 0 Å². The normalized spacial score (nSPS) is 23.7. The molecule has 0 radical (unpaired) electrons. The number of pyridine rings is 4. The van der Waals surface area contributed by atoms with Crippen LogP contribution in [-0.2, 0) is 76.7 Å². The number of fused-ring (bicyclic) bond motifs is 8. The zero-order valence-electron chi connectivity index (χ0n) is 86.0. The van der Waals surface area contributed by atoms with E-state index in [4.69, 9.17) is 99.2 Å². The van der Waals surface area contributed by atoms with Gasteiger partial charge in [0.15, 0.2) is 45.6 Å². The molecule has 147 heavy (non-hydrogen) atoms. The summed E-state index contributed by atoms with van der Waals surface area (Å²) in [7, 11) is 2.66. The van der Waals surface area contributed by atoms with Crippen molar-refractivity contribution in [3.8, 4) is 0 Å². The summed E-state index contributed by atoms with van der Waals surface area (Å²) in [6, 6.07) is 16.0. The first-order valence-electron chi connectivity index (χ1n) is 51.8. The molecule has 8 saturated heterocycles. The van der Waals surface area contributed by atoms with Gasteiger partial charge in [0.25, 0.3) is 0 Å². The average Bonchev–Trinajstić information content (AvgIpc) is 1.62. The molecule has 8 fully saturated rings. The first-order chi connectivity index (χ1) is 70.5. The fourth-order valence-electron chi connectivity index (χ4n) is 23.8. The number of amides is 2. The Morgan fingerprint density at radius 2 is 0.687 bits per heavy atom. The Hall–Kier alpha value is -12.9. The molecule has 14 aliphatic heterocycles. The van der Waals surface area contributed by atoms with Gasteiger partial charge in [-0.25, -0.2) is 59.0 Å². The van der Waals surface area contributed by atoms with Crippen LogP contribution in [-0.4, -0.2) is 294 Å². The molecule has 0 saturated carbocycles. The number of anilines is 10. The molecule has 4 spiro atoms. The maximum Gasteiger partial charge on any atom is 0.436 e. The zero-order chi connectivity index (χ0) is 101. The van der Waals surface area contributed by atoms with Crippen LogP contribution in [0.3, 0.4) is 0 Å². The molecule has 14 aliphatic rings.